The lowest BCUT2D eigenvalue weighted by atomic mass is 10.1. The molecule has 1 aromatic rings. The Balaban J connectivity index is 1.61. The van der Waals surface area contributed by atoms with Gasteiger partial charge in [-0.25, -0.2) is 0 Å². The van der Waals surface area contributed by atoms with Crippen LogP contribution in [0.25, 0.3) is 0 Å². The molecule has 1 aliphatic rings. The van der Waals surface area contributed by atoms with Crippen LogP contribution in [0, 0.1) is 5.92 Å². The van der Waals surface area contributed by atoms with E-state index in [9.17, 15) is 0 Å². The van der Waals surface area contributed by atoms with Crippen molar-refractivity contribution in [2.45, 2.75) is 26.3 Å². The number of likely N-dealkylation sites (tertiary alicyclic amines) is 1. The predicted molar refractivity (Wildman–Crippen MR) is 67.7 cm³/mol. The Bertz CT molecular complexity index is 298. The predicted octanol–water partition coefficient (Wildman–Crippen LogP) is 0.600. The van der Waals surface area contributed by atoms with Gasteiger partial charge in [-0.1, -0.05) is 12.1 Å². The van der Waals surface area contributed by atoms with Gasteiger partial charge in [0.25, 0.3) is 0 Å². The van der Waals surface area contributed by atoms with Gasteiger partial charge in [0.1, 0.15) is 0 Å². The number of nitrogens with one attached hydrogen (secondary N) is 1. The van der Waals surface area contributed by atoms with Gasteiger partial charge >= 0.3 is 0 Å². The molecule has 2 heterocycles. The Labute approximate surface area is 103 Å². The minimum Gasteiger partial charge on any atom is -0.316 e. The average Bonchev–Trinajstić information content (AvgIpc) is 2.98. The van der Waals surface area contributed by atoms with Crippen molar-refractivity contribution >= 4 is 0 Å². The molecule has 0 aromatic carbocycles. The quantitative estimate of drug-likeness (QED) is 0.705. The summed E-state index contributed by atoms with van der Waals surface area (Å²) in [5.74, 6) is 0.831. The van der Waals surface area contributed by atoms with Crippen LogP contribution in [0.1, 0.15) is 19.8 Å². The number of nitrogens with zero attached hydrogens (tertiary/aromatic N) is 4. The van der Waals surface area contributed by atoms with Gasteiger partial charge in [-0.3, -0.25) is 4.68 Å². The third kappa shape index (κ3) is 4.09. The fourth-order valence-corrected chi connectivity index (χ4v) is 2.36. The first-order valence-corrected chi connectivity index (χ1v) is 6.65. The highest BCUT2D eigenvalue weighted by Gasteiger charge is 2.21. The molecule has 0 spiro atoms. The maximum atomic E-state index is 3.98. The molecule has 0 amide bonds. The summed E-state index contributed by atoms with van der Waals surface area (Å²) in [6.45, 7) is 9.04. The molecule has 1 unspecified atom stereocenters. The van der Waals surface area contributed by atoms with Crippen LogP contribution in [0.15, 0.2) is 12.4 Å². The molecule has 1 fully saturated rings. The Morgan fingerprint density at radius 2 is 2.35 bits per heavy atom. The summed E-state index contributed by atoms with van der Waals surface area (Å²) < 4.78 is 1.91. The summed E-state index contributed by atoms with van der Waals surface area (Å²) in [5, 5.41) is 11.3. The molecule has 2 rings (SSSR count). The fourth-order valence-electron chi connectivity index (χ4n) is 2.36. The third-order valence-electron chi connectivity index (χ3n) is 3.35. The monoisotopic (exact) mass is 237 g/mol. The van der Waals surface area contributed by atoms with Crippen LogP contribution < -0.4 is 5.32 Å². The molecule has 96 valence electrons. The van der Waals surface area contributed by atoms with E-state index in [0.717, 1.165) is 25.6 Å². The van der Waals surface area contributed by atoms with E-state index in [1.807, 2.05) is 10.9 Å². The van der Waals surface area contributed by atoms with Crippen molar-refractivity contribution in [2.24, 2.45) is 5.92 Å². The van der Waals surface area contributed by atoms with Gasteiger partial charge in [-0.15, -0.1) is 5.10 Å². The Hall–Kier alpha value is -0.940. The van der Waals surface area contributed by atoms with Crippen molar-refractivity contribution in [3.05, 3.63) is 12.4 Å². The molecule has 1 aliphatic heterocycles. The second-order valence-corrected chi connectivity index (χ2v) is 4.83. The van der Waals surface area contributed by atoms with E-state index >= 15 is 0 Å². The first kappa shape index (κ1) is 12.5. The molecule has 5 heteroatoms. The van der Waals surface area contributed by atoms with Gasteiger partial charge in [-0.05, 0) is 38.4 Å². The van der Waals surface area contributed by atoms with Gasteiger partial charge in [0.05, 0.1) is 12.7 Å². The Kier molecular flexibility index (Phi) is 4.94. The van der Waals surface area contributed by atoms with E-state index < -0.39 is 0 Å². The van der Waals surface area contributed by atoms with E-state index in [1.165, 1.54) is 32.5 Å². The molecule has 0 saturated carbocycles. The zero-order valence-electron chi connectivity index (χ0n) is 10.7. The topological polar surface area (TPSA) is 46.0 Å². The maximum absolute atomic E-state index is 3.98. The van der Waals surface area contributed by atoms with Crippen LogP contribution in [0.5, 0.6) is 0 Å². The van der Waals surface area contributed by atoms with Crippen molar-refractivity contribution in [3.8, 4) is 0 Å². The van der Waals surface area contributed by atoms with Crippen molar-refractivity contribution in [2.75, 3.05) is 32.7 Å². The van der Waals surface area contributed by atoms with Crippen molar-refractivity contribution in [1.82, 2.24) is 25.2 Å². The van der Waals surface area contributed by atoms with E-state index in [-0.39, 0.29) is 0 Å². The second kappa shape index (κ2) is 6.71. The molecule has 0 radical (unpaired) electrons. The van der Waals surface area contributed by atoms with Gasteiger partial charge in [0, 0.05) is 19.3 Å². The highest BCUT2D eigenvalue weighted by molar-refractivity contribution is 4.77. The average molecular weight is 237 g/mol. The van der Waals surface area contributed by atoms with Crippen molar-refractivity contribution in [1.29, 1.82) is 0 Å². The summed E-state index contributed by atoms with van der Waals surface area (Å²) in [6.07, 6.45) is 6.22. The largest absolute Gasteiger partial charge is 0.316 e. The van der Waals surface area contributed by atoms with Crippen LogP contribution in [0.3, 0.4) is 0 Å². The zero-order chi connectivity index (χ0) is 11.9. The highest BCUT2D eigenvalue weighted by atomic mass is 15.4. The molecule has 1 atom stereocenters. The number of aromatic nitrogens is 3. The summed E-state index contributed by atoms with van der Waals surface area (Å²) in [6, 6.07) is 0. The molecule has 1 aromatic heterocycles. The minimum absolute atomic E-state index is 0.831. The number of rotatable bonds is 7. The summed E-state index contributed by atoms with van der Waals surface area (Å²) >= 11 is 0. The molecule has 0 bridgehead atoms. The van der Waals surface area contributed by atoms with E-state index in [0.29, 0.717) is 0 Å². The summed E-state index contributed by atoms with van der Waals surface area (Å²) in [4.78, 5) is 2.53. The Morgan fingerprint density at radius 1 is 1.41 bits per heavy atom. The van der Waals surface area contributed by atoms with Crippen LogP contribution in [0.2, 0.25) is 0 Å². The smallest absolute Gasteiger partial charge is 0.0692 e. The molecular formula is C12H23N5. The van der Waals surface area contributed by atoms with E-state index in [1.54, 1.807) is 6.20 Å². The molecule has 1 N–H and O–H groups in total. The summed E-state index contributed by atoms with van der Waals surface area (Å²) in [7, 11) is 0. The van der Waals surface area contributed by atoms with Gasteiger partial charge in [-0.2, -0.15) is 0 Å². The Morgan fingerprint density at radius 3 is 3.12 bits per heavy atom. The molecule has 0 aliphatic carbocycles. The lowest BCUT2D eigenvalue weighted by molar-refractivity contribution is 0.300. The van der Waals surface area contributed by atoms with E-state index in [2.05, 4.69) is 27.5 Å². The van der Waals surface area contributed by atoms with Crippen molar-refractivity contribution < 1.29 is 0 Å². The fraction of sp³-hybridized carbons (Fsp3) is 0.833. The first-order valence-electron chi connectivity index (χ1n) is 6.65. The van der Waals surface area contributed by atoms with Crippen LogP contribution in [0.4, 0.5) is 0 Å². The maximum Gasteiger partial charge on any atom is 0.0692 e. The lowest BCUT2D eigenvalue weighted by Crippen LogP contribution is -2.29. The van der Waals surface area contributed by atoms with Crippen LogP contribution >= 0.6 is 0 Å². The summed E-state index contributed by atoms with van der Waals surface area (Å²) in [5.41, 5.74) is 0. The molecule has 1 saturated heterocycles. The molecule has 17 heavy (non-hydrogen) atoms. The third-order valence-corrected chi connectivity index (χ3v) is 3.35. The SMILES string of the molecule is CCCNCC1CCN(CCn2ccnn2)C1. The van der Waals surface area contributed by atoms with Crippen molar-refractivity contribution in [3.63, 3.8) is 0 Å². The molecule has 5 nitrogen and oxygen atoms in total. The minimum atomic E-state index is 0.831. The van der Waals surface area contributed by atoms with Gasteiger partial charge in [0.2, 0.25) is 0 Å². The van der Waals surface area contributed by atoms with E-state index in [4.69, 9.17) is 0 Å². The number of hydrogen-bond acceptors (Lipinski definition) is 4. The molecular weight excluding hydrogens is 214 g/mol. The standard InChI is InChI=1S/C12H23N5/c1-2-4-13-10-12-3-6-16(11-12)8-9-17-7-5-14-15-17/h5,7,12-13H,2-4,6,8-11H2,1H3. The first-order chi connectivity index (χ1) is 8.38. The normalized spacial score (nSPS) is 21.1. The highest BCUT2D eigenvalue weighted by Crippen LogP contribution is 2.14. The van der Waals surface area contributed by atoms with Gasteiger partial charge in [0.15, 0.2) is 0 Å². The lowest BCUT2D eigenvalue weighted by Gasteiger charge is -2.15. The number of hydrogen-bond donors (Lipinski definition) is 1. The zero-order valence-corrected chi connectivity index (χ0v) is 10.7. The van der Waals surface area contributed by atoms with Crippen LogP contribution in [-0.2, 0) is 6.54 Å². The van der Waals surface area contributed by atoms with Gasteiger partial charge < -0.3 is 10.2 Å². The second-order valence-electron chi connectivity index (χ2n) is 4.83. The van der Waals surface area contributed by atoms with Crippen LogP contribution in [-0.4, -0.2) is 52.6 Å².